The molecule has 53 heavy (non-hydrogen) atoms. The Morgan fingerprint density at radius 3 is 1.87 bits per heavy atom. The molecular formula is C51H57NO. The smallest absolute Gasteiger partial charge is 0.104 e. The Bertz CT molecular complexity index is 2330. The summed E-state index contributed by atoms with van der Waals surface area (Å²) in [5, 5.41) is 16.5. The third-order valence-corrected chi connectivity index (χ3v) is 12.9. The minimum atomic E-state index is -0.664. The lowest BCUT2D eigenvalue weighted by Crippen LogP contribution is -2.32. The van der Waals surface area contributed by atoms with Crippen LogP contribution >= 0.6 is 0 Å². The summed E-state index contributed by atoms with van der Waals surface area (Å²) < 4.78 is 2.43. The van der Waals surface area contributed by atoms with Crippen LogP contribution < -0.4 is 0 Å². The number of aromatic nitrogens is 1. The van der Waals surface area contributed by atoms with Crippen LogP contribution in [-0.4, -0.2) is 9.67 Å². The molecule has 0 radical (unpaired) electrons. The van der Waals surface area contributed by atoms with Gasteiger partial charge in [0.05, 0.1) is 11.0 Å². The highest BCUT2D eigenvalue weighted by Crippen LogP contribution is 2.51. The summed E-state index contributed by atoms with van der Waals surface area (Å²) in [7, 11) is 0. The Morgan fingerprint density at radius 1 is 0.585 bits per heavy atom. The topological polar surface area (TPSA) is 25.2 Å². The maximum Gasteiger partial charge on any atom is 0.104 e. The molecule has 1 heterocycles. The van der Waals surface area contributed by atoms with E-state index >= 15 is 0 Å². The van der Waals surface area contributed by atoms with Gasteiger partial charge in [0.15, 0.2) is 0 Å². The van der Waals surface area contributed by atoms with E-state index in [1.165, 1.54) is 49.3 Å². The van der Waals surface area contributed by atoms with Crippen molar-refractivity contribution in [2.45, 2.75) is 98.0 Å². The molecule has 0 saturated carbocycles. The van der Waals surface area contributed by atoms with Crippen molar-refractivity contribution in [1.82, 2.24) is 4.57 Å². The molecule has 1 aromatic heterocycles. The van der Waals surface area contributed by atoms with Gasteiger partial charge in [-0.3, -0.25) is 0 Å². The van der Waals surface area contributed by atoms with Gasteiger partial charge in [-0.2, -0.15) is 0 Å². The number of fused-ring (bicyclic) bond motifs is 4. The van der Waals surface area contributed by atoms with E-state index in [9.17, 15) is 5.11 Å². The molecule has 0 bridgehead atoms. The molecule has 7 rings (SSSR count). The Hall–Kier alpha value is -4.66. The fourth-order valence-corrected chi connectivity index (χ4v) is 9.31. The summed E-state index contributed by atoms with van der Waals surface area (Å²) in [6, 6.07) is 48.8. The lowest BCUT2D eigenvalue weighted by atomic mass is 9.61. The van der Waals surface area contributed by atoms with Gasteiger partial charge in [-0.25, -0.2) is 0 Å². The molecular weight excluding hydrogens is 643 g/mol. The minimum Gasteiger partial charge on any atom is -0.384 e. The van der Waals surface area contributed by atoms with Gasteiger partial charge in [0.25, 0.3) is 0 Å². The van der Waals surface area contributed by atoms with Crippen LogP contribution in [0.3, 0.4) is 0 Å². The highest BCUT2D eigenvalue weighted by molar-refractivity contribution is 6.10. The van der Waals surface area contributed by atoms with Crippen molar-refractivity contribution in [3.8, 4) is 5.69 Å². The Kier molecular flexibility index (Phi) is 10.4. The summed E-state index contributed by atoms with van der Waals surface area (Å²) in [6.07, 6.45) is 5.06. The first-order valence-electron chi connectivity index (χ1n) is 20.0. The predicted molar refractivity (Wildman–Crippen MR) is 227 cm³/mol. The van der Waals surface area contributed by atoms with E-state index in [-0.39, 0.29) is 16.7 Å². The van der Waals surface area contributed by atoms with Crippen molar-refractivity contribution in [1.29, 1.82) is 0 Å². The average molecular weight is 700 g/mol. The zero-order chi connectivity index (χ0) is 37.3. The third kappa shape index (κ3) is 6.61. The summed E-state index contributed by atoms with van der Waals surface area (Å²) >= 11 is 0. The quantitative estimate of drug-likeness (QED) is 0.127. The zero-order valence-corrected chi connectivity index (χ0v) is 32.9. The van der Waals surface area contributed by atoms with Crippen molar-refractivity contribution < 1.29 is 5.11 Å². The fraction of sp³-hybridized carbons (Fsp3) is 0.333. The van der Waals surface area contributed by atoms with Crippen molar-refractivity contribution in [3.63, 3.8) is 0 Å². The number of hydrogen-bond donors (Lipinski definition) is 1. The summed E-state index contributed by atoms with van der Waals surface area (Å²) in [5.74, 6) is 0.707. The van der Waals surface area contributed by atoms with Gasteiger partial charge in [-0.05, 0) is 111 Å². The monoisotopic (exact) mass is 699 g/mol. The van der Waals surface area contributed by atoms with Crippen LogP contribution in [0.25, 0.3) is 38.3 Å². The highest BCUT2D eigenvalue weighted by atomic mass is 16.3. The molecule has 0 amide bonds. The number of nitrogens with zero attached hydrogens (tertiary/aromatic N) is 1. The molecule has 0 aliphatic carbocycles. The maximum absolute atomic E-state index is 11.2. The van der Waals surface area contributed by atoms with E-state index in [2.05, 4.69) is 156 Å². The number of rotatable bonds is 13. The normalized spacial score (nSPS) is 15.5. The average Bonchev–Trinajstić information content (AvgIpc) is 3.51. The molecule has 0 saturated heterocycles. The van der Waals surface area contributed by atoms with Crippen LogP contribution in [0, 0.1) is 11.3 Å². The van der Waals surface area contributed by atoms with E-state index in [0.29, 0.717) is 5.92 Å². The first-order chi connectivity index (χ1) is 25.6. The van der Waals surface area contributed by atoms with Gasteiger partial charge in [-0.1, -0.05) is 158 Å². The molecule has 0 aliphatic rings. The first kappa shape index (κ1) is 36.7. The second-order valence-electron chi connectivity index (χ2n) is 16.3. The Labute approximate surface area is 317 Å². The largest absolute Gasteiger partial charge is 0.384 e. The molecule has 7 aromatic rings. The van der Waals surface area contributed by atoms with Crippen LogP contribution in [0.1, 0.15) is 120 Å². The van der Waals surface area contributed by atoms with Crippen molar-refractivity contribution >= 4 is 32.6 Å². The van der Waals surface area contributed by atoms with Crippen LogP contribution in [0.15, 0.2) is 133 Å². The maximum atomic E-state index is 11.2. The van der Waals surface area contributed by atoms with E-state index in [0.717, 1.165) is 48.9 Å². The van der Waals surface area contributed by atoms with Crippen LogP contribution in [0.4, 0.5) is 0 Å². The van der Waals surface area contributed by atoms with Gasteiger partial charge in [-0.15, -0.1) is 0 Å². The van der Waals surface area contributed by atoms with E-state index < -0.39 is 6.10 Å². The summed E-state index contributed by atoms with van der Waals surface area (Å²) in [5.41, 5.74) is 9.72. The van der Waals surface area contributed by atoms with Crippen molar-refractivity contribution in [3.05, 3.63) is 161 Å². The molecule has 0 fully saturated rings. The van der Waals surface area contributed by atoms with Crippen molar-refractivity contribution in [2.24, 2.45) is 11.3 Å². The molecule has 4 unspecified atom stereocenters. The molecule has 2 nitrogen and oxygen atoms in total. The van der Waals surface area contributed by atoms with Gasteiger partial charge < -0.3 is 9.67 Å². The number of aliphatic hydroxyl groups excluding tert-OH is 1. The Morgan fingerprint density at radius 2 is 1.19 bits per heavy atom. The number of hydrogen-bond acceptors (Lipinski definition) is 1. The van der Waals surface area contributed by atoms with E-state index in [4.69, 9.17) is 0 Å². The molecule has 4 atom stereocenters. The van der Waals surface area contributed by atoms with Gasteiger partial charge in [0, 0.05) is 22.4 Å². The Balaban J connectivity index is 1.47. The molecule has 1 N–H and O–H groups in total. The second kappa shape index (κ2) is 15.0. The number of aliphatic hydroxyl groups is 1. The SMILES string of the molecule is CCCC(C)(CC)c1ccc2c(c1)c1cc(C(c3cccc4ccccc34)C(C)(CCC)C(C)C)ccc1n2-c1ccc(C(O)c2ccccc2)cc1. The lowest BCUT2D eigenvalue weighted by Gasteiger charge is -2.43. The van der Waals surface area contributed by atoms with Crippen LogP contribution in [0.5, 0.6) is 0 Å². The minimum absolute atomic E-state index is 0.0490. The fourth-order valence-electron chi connectivity index (χ4n) is 9.31. The predicted octanol–water partition coefficient (Wildman–Crippen LogP) is 14.1. The second-order valence-corrected chi connectivity index (χ2v) is 16.3. The third-order valence-electron chi connectivity index (χ3n) is 12.9. The highest BCUT2D eigenvalue weighted by Gasteiger charge is 2.39. The van der Waals surface area contributed by atoms with Gasteiger partial charge >= 0.3 is 0 Å². The molecule has 2 heteroatoms. The van der Waals surface area contributed by atoms with E-state index in [1.807, 2.05) is 30.3 Å². The summed E-state index contributed by atoms with van der Waals surface area (Å²) in [6.45, 7) is 16.8. The standard InChI is InChI=1S/C51H57NO/c1-8-31-50(6,10-3)40-26-30-47-45(34-40)44-33-39(48(51(7,32-9-2)35(4)5)43-22-16-20-36-17-14-15-21-42(36)43)25-29-46(44)52(47)41-27-23-38(24-28-41)49(53)37-18-12-11-13-19-37/h11-30,33-35,48-49,53H,8-10,31-32H2,1-7H3. The van der Waals surface area contributed by atoms with Gasteiger partial charge in [0.2, 0.25) is 0 Å². The number of benzene rings is 6. The van der Waals surface area contributed by atoms with E-state index in [1.54, 1.807) is 0 Å². The summed E-state index contributed by atoms with van der Waals surface area (Å²) in [4.78, 5) is 0. The first-order valence-corrected chi connectivity index (χ1v) is 20.0. The van der Waals surface area contributed by atoms with Crippen molar-refractivity contribution in [2.75, 3.05) is 0 Å². The lowest BCUT2D eigenvalue weighted by molar-refractivity contribution is 0.168. The van der Waals surface area contributed by atoms with Crippen LogP contribution in [0.2, 0.25) is 0 Å². The van der Waals surface area contributed by atoms with Crippen LogP contribution in [-0.2, 0) is 5.41 Å². The molecule has 0 spiro atoms. The molecule has 0 aliphatic heterocycles. The molecule has 272 valence electrons. The molecule has 6 aromatic carbocycles. The van der Waals surface area contributed by atoms with Gasteiger partial charge in [0.1, 0.15) is 6.10 Å². The zero-order valence-electron chi connectivity index (χ0n) is 32.9.